The van der Waals surface area contributed by atoms with Gasteiger partial charge in [-0.2, -0.15) is 0 Å². The molecular formula is C12H26N2O3. The van der Waals surface area contributed by atoms with E-state index >= 15 is 0 Å². The maximum absolute atomic E-state index is 11.5. The summed E-state index contributed by atoms with van der Waals surface area (Å²) >= 11 is 0. The molecule has 1 aliphatic rings. The van der Waals surface area contributed by atoms with Crippen molar-refractivity contribution in [3.05, 3.63) is 0 Å². The van der Waals surface area contributed by atoms with Crippen LogP contribution in [-0.4, -0.2) is 49.4 Å². The van der Waals surface area contributed by atoms with Gasteiger partial charge in [0.2, 0.25) is 0 Å². The van der Waals surface area contributed by atoms with Gasteiger partial charge in [0.05, 0.1) is 13.2 Å². The summed E-state index contributed by atoms with van der Waals surface area (Å²) in [6, 6.07) is 0. The van der Waals surface area contributed by atoms with Crippen LogP contribution in [0.3, 0.4) is 0 Å². The summed E-state index contributed by atoms with van der Waals surface area (Å²) in [7, 11) is 0. The van der Waals surface area contributed by atoms with Gasteiger partial charge in [0, 0.05) is 13.1 Å². The van der Waals surface area contributed by atoms with Gasteiger partial charge in [0.25, 0.3) is 0 Å². The molecule has 1 rings (SSSR count). The van der Waals surface area contributed by atoms with E-state index in [9.17, 15) is 4.79 Å². The Kier molecular flexibility index (Phi) is 7.91. The minimum absolute atomic E-state index is 0.240. The van der Waals surface area contributed by atoms with Gasteiger partial charge in [-0.15, -0.1) is 0 Å². The number of hydrogen-bond acceptors (Lipinski definition) is 4. The summed E-state index contributed by atoms with van der Waals surface area (Å²) in [5, 5.41) is 0. The van der Waals surface area contributed by atoms with Crippen LogP contribution in [0.25, 0.3) is 0 Å². The third-order valence-corrected chi connectivity index (χ3v) is 1.95. The smallest absolute Gasteiger partial charge is 0.410 e. The van der Waals surface area contributed by atoms with Crippen LogP contribution < -0.4 is 5.73 Å². The highest BCUT2D eigenvalue weighted by Gasteiger charge is 2.23. The third-order valence-electron chi connectivity index (χ3n) is 1.95. The molecule has 0 bridgehead atoms. The molecule has 0 saturated carbocycles. The quantitative estimate of drug-likeness (QED) is 0.763. The highest BCUT2D eigenvalue weighted by atomic mass is 16.6. The molecule has 2 N–H and O–H groups in total. The van der Waals surface area contributed by atoms with Crippen molar-refractivity contribution in [2.45, 2.75) is 39.7 Å². The zero-order valence-electron chi connectivity index (χ0n) is 11.5. The van der Waals surface area contributed by atoms with Crippen molar-refractivity contribution in [1.29, 1.82) is 0 Å². The van der Waals surface area contributed by atoms with E-state index < -0.39 is 5.60 Å². The molecule has 1 aliphatic heterocycles. The number of nitrogens with zero attached hydrogens (tertiary/aromatic N) is 1. The maximum Gasteiger partial charge on any atom is 0.410 e. The minimum atomic E-state index is -0.407. The van der Waals surface area contributed by atoms with Crippen LogP contribution in [0.5, 0.6) is 0 Å². The van der Waals surface area contributed by atoms with Gasteiger partial charge in [0.1, 0.15) is 5.60 Å². The predicted octanol–water partition coefficient (Wildman–Crippen LogP) is 1.61. The van der Waals surface area contributed by atoms with E-state index in [4.69, 9.17) is 15.2 Å². The van der Waals surface area contributed by atoms with Crippen molar-refractivity contribution in [2.24, 2.45) is 5.73 Å². The third kappa shape index (κ3) is 8.94. The number of carbonyl (C=O) groups excluding carboxylic acids is 1. The number of nitrogens with two attached hydrogens (primary N) is 1. The van der Waals surface area contributed by atoms with E-state index in [-0.39, 0.29) is 6.09 Å². The predicted molar refractivity (Wildman–Crippen MR) is 68.0 cm³/mol. The summed E-state index contributed by atoms with van der Waals surface area (Å²) in [4.78, 5) is 13.1. The fourth-order valence-electron chi connectivity index (χ4n) is 1.07. The molecule has 0 spiro atoms. The average molecular weight is 246 g/mol. The van der Waals surface area contributed by atoms with Crippen molar-refractivity contribution in [2.75, 3.05) is 32.8 Å². The molecule has 5 heteroatoms. The molecule has 0 aromatic carbocycles. The summed E-state index contributed by atoms with van der Waals surface area (Å²) < 4.78 is 10.3. The first kappa shape index (κ1) is 16.2. The lowest BCUT2D eigenvalue weighted by Crippen LogP contribution is -2.43. The molecule has 0 radical (unpaired) electrons. The first-order valence-electron chi connectivity index (χ1n) is 6.16. The molecule has 0 unspecified atom stereocenters. The Hall–Kier alpha value is -0.810. The van der Waals surface area contributed by atoms with Crippen molar-refractivity contribution >= 4 is 6.09 Å². The van der Waals surface area contributed by atoms with Crippen LogP contribution in [0.1, 0.15) is 34.1 Å². The standard InChI is InChI=1S/C9H17NO3.C3H9N/c1-9(2,3)13-8(11)10-4-6-12-7-5-10;1-2-3-4/h4-7H2,1-3H3;2-4H2,1H3. The highest BCUT2D eigenvalue weighted by molar-refractivity contribution is 5.68. The van der Waals surface area contributed by atoms with Gasteiger partial charge in [-0.05, 0) is 33.7 Å². The van der Waals surface area contributed by atoms with Crippen molar-refractivity contribution in [3.63, 3.8) is 0 Å². The topological polar surface area (TPSA) is 64.8 Å². The molecule has 1 fully saturated rings. The zero-order valence-corrected chi connectivity index (χ0v) is 11.5. The second kappa shape index (κ2) is 8.31. The minimum Gasteiger partial charge on any atom is -0.444 e. The summed E-state index contributed by atoms with van der Waals surface area (Å²) in [5.74, 6) is 0. The van der Waals surface area contributed by atoms with Crippen LogP contribution in [0, 0.1) is 0 Å². The van der Waals surface area contributed by atoms with Crippen LogP contribution in [-0.2, 0) is 9.47 Å². The van der Waals surface area contributed by atoms with E-state index in [1.54, 1.807) is 4.90 Å². The van der Waals surface area contributed by atoms with Crippen LogP contribution in [0.2, 0.25) is 0 Å². The molecule has 17 heavy (non-hydrogen) atoms. The van der Waals surface area contributed by atoms with Gasteiger partial charge in [-0.25, -0.2) is 4.79 Å². The van der Waals surface area contributed by atoms with Gasteiger partial charge >= 0.3 is 6.09 Å². The van der Waals surface area contributed by atoms with E-state index in [0.717, 1.165) is 13.0 Å². The number of amides is 1. The van der Waals surface area contributed by atoms with E-state index in [0.29, 0.717) is 26.3 Å². The fraction of sp³-hybridized carbons (Fsp3) is 0.917. The first-order chi connectivity index (χ1) is 7.90. The monoisotopic (exact) mass is 246 g/mol. The molecule has 0 atom stereocenters. The number of morpholine rings is 1. The van der Waals surface area contributed by atoms with Gasteiger partial charge in [-0.3, -0.25) is 0 Å². The summed E-state index contributed by atoms with van der Waals surface area (Å²) in [6.45, 7) is 11.0. The average Bonchev–Trinajstić information content (AvgIpc) is 2.28. The molecule has 0 aliphatic carbocycles. The maximum atomic E-state index is 11.5. The molecular weight excluding hydrogens is 220 g/mol. The normalized spacial score (nSPS) is 15.9. The number of carbonyl (C=O) groups is 1. The second-order valence-electron chi connectivity index (χ2n) is 4.87. The van der Waals surface area contributed by atoms with Gasteiger partial charge in [-0.1, -0.05) is 6.92 Å². The number of rotatable bonds is 1. The number of ether oxygens (including phenoxy) is 2. The van der Waals surface area contributed by atoms with Gasteiger partial charge < -0.3 is 20.1 Å². The van der Waals surface area contributed by atoms with Crippen molar-refractivity contribution in [3.8, 4) is 0 Å². The largest absolute Gasteiger partial charge is 0.444 e. The van der Waals surface area contributed by atoms with Crippen molar-refractivity contribution < 1.29 is 14.3 Å². The van der Waals surface area contributed by atoms with Crippen LogP contribution >= 0.6 is 0 Å². The van der Waals surface area contributed by atoms with E-state index in [2.05, 4.69) is 6.92 Å². The van der Waals surface area contributed by atoms with Crippen LogP contribution in [0.15, 0.2) is 0 Å². The lowest BCUT2D eigenvalue weighted by atomic mass is 10.2. The molecule has 0 aromatic heterocycles. The Morgan fingerprint density at radius 3 is 2.18 bits per heavy atom. The fourth-order valence-corrected chi connectivity index (χ4v) is 1.07. The molecule has 1 heterocycles. The summed E-state index contributed by atoms with van der Waals surface area (Å²) in [6.07, 6.45) is 0.857. The SMILES string of the molecule is CC(C)(C)OC(=O)N1CCOCC1.CCCN. The van der Waals surface area contributed by atoms with E-state index in [1.165, 1.54) is 0 Å². The Morgan fingerprint density at radius 2 is 1.82 bits per heavy atom. The molecule has 1 saturated heterocycles. The highest BCUT2D eigenvalue weighted by Crippen LogP contribution is 2.10. The lowest BCUT2D eigenvalue weighted by molar-refractivity contribution is -0.00676. The molecule has 0 aromatic rings. The Bertz CT molecular complexity index is 206. The summed E-state index contributed by atoms with van der Waals surface area (Å²) in [5.41, 5.74) is 4.62. The lowest BCUT2D eigenvalue weighted by Gasteiger charge is -2.29. The number of hydrogen-bond donors (Lipinski definition) is 1. The Morgan fingerprint density at radius 1 is 1.35 bits per heavy atom. The Labute approximate surface area is 104 Å². The van der Waals surface area contributed by atoms with Crippen LogP contribution in [0.4, 0.5) is 4.79 Å². The molecule has 1 amide bonds. The Balaban J connectivity index is 0.000000557. The first-order valence-corrected chi connectivity index (χ1v) is 6.16. The van der Waals surface area contributed by atoms with Crippen molar-refractivity contribution in [1.82, 2.24) is 4.90 Å². The molecule has 5 nitrogen and oxygen atoms in total. The second-order valence-corrected chi connectivity index (χ2v) is 4.87. The molecule has 102 valence electrons. The van der Waals surface area contributed by atoms with Gasteiger partial charge in [0.15, 0.2) is 0 Å². The zero-order chi connectivity index (χ0) is 13.3. The van der Waals surface area contributed by atoms with E-state index in [1.807, 2.05) is 20.8 Å².